The van der Waals surface area contributed by atoms with Crippen LogP contribution < -0.4 is 4.90 Å². The van der Waals surface area contributed by atoms with Crippen LogP contribution in [-0.2, 0) is 11.3 Å². The van der Waals surface area contributed by atoms with Crippen molar-refractivity contribution in [2.45, 2.75) is 31.4 Å². The van der Waals surface area contributed by atoms with Gasteiger partial charge in [0.2, 0.25) is 0 Å². The van der Waals surface area contributed by atoms with Crippen LogP contribution in [0.4, 0.5) is 10.5 Å². The third-order valence-electron chi connectivity index (χ3n) is 7.91. The van der Waals surface area contributed by atoms with Gasteiger partial charge in [-0.15, -0.1) is 0 Å². The molecule has 0 spiro atoms. The van der Waals surface area contributed by atoms with Crippen LogP contribution in [0.25, 0.3) is 0 Å². The number of rotatable bonds is 4. The molecular formula is C30H30ClN3O3. The summed E-state index contributed by atoms with van der Waals surface area (Å²) in [6, 6.07) is 23.7. The smallest absolute Gasteiger partial charge is 0.410 e. The fourth-order valence-corrected chi connectivity index (χ4v) is 6.14. The molecule has 2 saturated heterocycles. The third kappa shape index (κ3) is 4.78. The lowest BCUT2D eigenvalue weighted by Gasteiger charge is -2.36. The molecular weight excluding hydrogens is 486 g/mol. The Morgan fingerprint density at radius 2 is 1.68 bits per heavy atom. The number of carbonyl (C=O) groups excluding carboxylic acids is 2. The first-order valence-electron chi connectivity index (χ1n) is 13.0. The Morgan fingerprint density at radius 3 is 2.46 bits per heavy atom. The minimum absolute atomic E-state index is 0.0227. The van der Waals surface area contributed by atoms with Gasteiger partial charge in [0.15, 0.2) is 0 Å². The van der Waals surface area contributed by atoms with E-state index in [-0.39, 0.29) is 24.6 Å². The van der Waals surface area contributed by atoms with Crippen molar-refractivity contribution < 1.29 is 14.3 Å². The van der Waals surface area contributed by atoms with Gasteiger partial charge in [0.05, 0.1) is 6.04 Å². The Balaban J connectivity index is 1.12. The summed E-state index contributed by atoms with van der Waals surface area (Å²) < 4.78 is 5.69. The lowest BCUT2D eigenvalue weighted by molar-refractivity contribution is 0.0694. The highest BCUT2D eigenvalue weighted by Gasteiger charge is 2.41. The number of anilines is 1. The van der Waals surface area contributed by atoms with Crippen molar-refractivity contribution in [1.82, 2.24) is 9.80 Å². The van der Waals surface area contributed by atoms with E-state index in [9.17, 15) is 9.59 Å². The summed E-state index contributed by atoms with van der Waals surface area (Å²) in [7, 11) is 0. The number of carbonyl (C=O) groups is 2. The lowest BCUT2D eigenvalue weighted by atomic mass is 9.96. The lowest BCUT2D eigenvalue weighted by Crippen LogP contribution is -2.48. The zero-order valence-corrected chi connectivity index (χ0v) is 21.4. The summed E-state index contributed by atoms with van der Waals surface area (Å²) in [5, 5.41) is 0.575. The molecule has 0 radical (unpaired) electrons. The van der Waals surface area contributed by atoms with E-state index in [1.54, 1.807) is 12.1 Å². The molecule has 37 heavy (non-hydrogen) atoms. The van der Waals surface area contributed by atoms with Crippen molar-refractivity contribution in [3.63, 3.8) is 0 Å². The van der Waals surface area contributed by atoms with E-state index in [1.807, 2.05) is 52.3 Å². The maximum absolute atomic E-state index is 13.0. The van der Waals surface area contributed by atoms with Gasteiger partial charge in [-0.25, -0.2) is 4.79 Å². The number of ether oxygens (including phenoxy) is 1. The predicted molar refractivity (Wildman–Crippen MR) is 144 cm³/mol. The van der Waals surface area contributed by atoms with Crippen molar-refractivity contribution >= 4 is 29.3 Å². The van der Waals surface area contributed by atoms with Crippen LogP contribution in [0.5, 0.6) is 0 Å². The first kappa shape index (κ1) is 23.9. The number of nitrogens with zero attached hydrogens (tertiary/aromatic N) is 3. The van der Waals surface area contributed by atoms with Crippen LogP contribution >= 0.6 is 11.6 Å². The Labute approximate surface area is 222 Å². The Hall–Kier alpha value is -3.51. The number of hydrogen-bond acceptors (Lipinski definition) is 4. The minimum atomic E-state index is -0.237. The Morgan fingerprint density at radius 1 is 0.865 bits per heavy atom. The molecule has 6 rings (SSSR count). The van der Waals surface area contributed by atoms with Crippen LogP contribution in [0.3, 0.4) is 0 Å². The number of benzene rings is 3. The van der Waals surface area contributed by atoms with E-state index < -0.39 is 0 Å². The number of fused-ring (bicyclic) bond motifs is 5. The van der Waals surface area contributed by atoms with Crippen LogP contribution in [0.1, 0.15) is 51.8 Å². The Bertz CT molecular complexity index is 1310. The predicted octanol–water partition coefficient (Wildman–Crippen LogP) is 5.87. The van der Waals surface area contributed by atoms with E-state index >= 15 is 0 Å². The van der Waals surface area contributed by atoms with Crippen LogP contribution in [0, 0.1) is 0 Å². The van der Waals surface area contributed by atoms with Gasteiger partial charge in [-0.3, -0.25) is 4.79 Å². The first-order chi connectivity index (χ1) is 18.1. The fraction of sp³-hybridized carbons (Fsp3) is 0.333. The van der Waals surface area contributed by atoms with E-state index in [0.29, 0.717) is 29.6 Å². The van der Waals surface area contributed by atoms with Crippen LogP contribution in [0.2, 0.25) is 5.02 Å². The molecule has 2 bridgehead atoms. The number of likely N-dealkylation sites (tertiary alicyclic amines) is 1. The number of piperazine rings is 1. The second-order valence-corrected chi connectivity index (χ2v) is 10.5. The highest BCUT2D eigenvalue weighted by Crippen LogP contribution is 2.50. The molecule has 2 heterocycles. The van der Waals surface area contributed by atoms with Crippen molar-refractivity contribution in [3.8, 4) is 0 Å². The van der Waals surface area contributed by atoms with Crippen LogP contribution in [0.15, 0.2) is 72.8 Å². The second kappa shape index (κ2) is 10.1. The summed E-state index contributed by atoms with van der Waals surface area (Å²) >= 11 is 6.08. The SMILES string of the molecule is O=C(c1cccc(Cl)c1)N1CCN(c2ccc3c(c2)[C@H]2C[C@H]3CCN2C(=O)OCc2ccccc2)CC1. The molecule has 190 valence electrons. The molecule has 1 aliphatic carbocycles. The highest BCUT2D eigenvalue weighted by atomic mass is 35.5. The second-order valence-electron chi connectivity index (χ2n) is 10.1. The first-order valence-corrected chi connectivity index (χ1v) is 13.4. The molecule has 0 N–H and O–H groups in total. The summed E-state index contributed by atoms with van der Waals surface area (Å²) in [4.78, 5) is 32.1. The minimum Gasteiger partial charge on any atom is -0.445 e. The molecule has 7 heteroatoms. The summed E-state index contributed by atoms with van der Waals surface area (Å²) in [5.41, 5.74) is 5.38. The van der Waals surface area contributed by atoms with Gasteiger partial charge in [-0.05, 0) is 65.8 Å². The van der Waals surface area contributed by atoms with E-state index in [4.69, 9.17) is 16.3 Å². The normalized spacial score (nSPS) is 20.5. The monoisotopic (exact) mass is 515 g/mol. The van der Waals surface area contributed by atoms with Crippen molar-refractivity contribution in [2.24, 2.45) is 0 Å². The molecule has 2 aliphatic heterocycles. The van der Waals surface area contributed by atoms with E-state index in [2.05, 4.69) is 23.1 Å². The van der Waals surface area contributed by atoms with Gasteiger partial charge in [0.25, 0.3) is 5.91 Å². The maximum Gasteiger partial charge on any atom is 0.410 e. The average molecular weight is 516 g/mol. The van der Waals surface area contributed by atoms with E-state index in [0.717, 1.165) is 43.7 Å². The molecule has 2 amide bonds. The molecule has 3 aliphatic rings. The van der Waals surface area contributed by atoms with Gasteiger partial charge in [0.1, 0.15) is 6.61 Å². The number of amides is 2. The standard InChI is InChI=1S/C30H30ClN3O3/c31-24-8-4-7-23(17-24)29(35)33-15-13-32(14-16-33)25-9-10-26-22-11-12-34(28(18-22)27(26)19-25)30(36)37-20-21-5-2-1-3-6-21/h1-10,17,19,22,28H,11-16,18,20H2/t22-,28-/m1/s1. The van der Waals surface area contributed by atoms with Crippen molar-refractivity contribution in [2.75, 3.05) is 37.6 Å². The van der Waals surface area contributed by atoms with Crippen LogP contribution in [-0.4, -0.2) is 54.5 Å². The van der Waals surface area contributed by atoms with Crippen molar-refractivity contribution in [1.29, 1.82) is 0 Å². The largest absolute Gasteiger partial charge is 0.445 e. The molecule has 2 fully saturated rings. The third-order valence-corrected chi connectivity index (χ3v) is 8.15. The van der Waals surface area contributed by atoms with E-state index in [1.165, 1.54) is 11.1 Å². The molecule has 2 atom stereocenters. The summed E-state index contributed by atoms with van der Waals surface area (Å²) in [6.07, 6.45) is 1.69. The van der Waals surface area contributed by atoms with Gasteiger partial charge in [-0.1, -0.05) is 54.1 Å². The van der Waals surface area contributed by atoms with Gasteiger partial charge in [0, 0.05) is 49.0 Å². The number of halogens is 1. The zero-order chi connectivity index (χ0) is 25.4. The highest BCUT2D eigenvalue weighted by molar-refractivity contribution is 6.30. The topological polar surface area (TPSA) is 53.1 Å². The van der Waals surface area contributed by atoms with Gasteiger partial charge < -0.3 is 19.4 Å². The summed E-state index contributed by atoms with van der Waals surface area (Å²) in [5.74, 6) is 0.522. The average Bonchev–Trinajstić information content (AvgIpc) is 3.22. The fourth-order valence-electron chi connectivity index (χ4n) is 5.95. The molecule has 3 aromatic carbocycles. The molecule has 0 unspecified atom stereocenters. The zero-order valence-electron chi connectivity index (χ0n) is 20.7. The maximum atomic E-state index is 13.0. The van der Waals surface area contributed by atoms with Gasteiger partial charge in [-0.2, -0.15) is 0 Å². The number of hydrogen-bond donors (Lipinski definition) is 0. The number of piperidine rings is 1. The quantitative estimate of drug-likeness (QED) is 0.436. The summed E-state index contributed by atoms with van der Waals surface area (Å²) in [6.45, 7) is 3.86. The Kier molecular flexibility index (Phi) is 6.51. The van der Waals surface area contributed by atoms with Crippen molar-refractivity contribution in [3.05, 3.63) is 100 Å². The molecule has 6 nitrogen and oxygen atoms in total. The van der Waals surface area contributed by atoms with Gasteiger partial charge >= 0.3 is 6.09 Å². The molecule has 3 aromatic rings. The molecule has 0 aromatic heterocycles. The molecule has 0 saturated carbocycles.